The van der Waals surface area contributed by atoms with E-state index in [9.17, 15) is 19.5 Å². The molecule has 0 bridgehead atoms. The first-order valence-electron chi connectivity index (χ1n) is 8.35. The van der Waals surface area contributed by atoms with Crippen LogP contribution in [0.1, 0.15) is 28.4 Å². The Morgan fingerprint density at radius 3 is 2.33 bits per heavy atom. The Bertz CT molecular complexity index is 901. The minimum absolute atomic E-state index is 0.117. The number of carboxylic acids is 1. The molecule has 1 aliphatic heterocycles. The molecule has 0 aromatic heterocycles. The Morgan fingerprint density at radius 2 is 1.78 bits per heavy atom. The third-order valence-corrected chi connectivity index (χ3v) is 4.06. The van der Waals surface area contributed by atoms with Gasteiger partial charge in [0.2, 0.25) is 0 Å². The van der Waals surface area contributed by atoms with E-state index in [4.69, 9.17) is 4.74 Å². The van der Waals surface area contributed by atoms with Gasteiger partial charge in [0.05, 0.1) is 5.97 Å². The molecule has 2 aromatic rings. The van der Waals surface area contributed by atoms with Crippen molar-refractivity contribution in [3.8, 4) is 5.75 Å². The molecule has 27 heavy (non-hydrogen) atoms. The molecule has 0 unspecified atom stereocenters. The van der Waals surface area contributed by atoms with E-state index in [1.54, 1.807) is 49.4 Å². The second-order valence-electron chi connectivity index (χ2n) is 5.88. The van der Waals surface area contributed by atoms with Gasteiger partial charge in [-0.25, -0.2) is 4.79 Å². The zero-order valence-electron chi connectivity index (χ0n) is 14.6. The molecule has 1 aliphatic rings. The topological polar surface area (TPSA) is 98.8 Å². The van der Waals surface area contributed by atoms with Gasteiger partial charge < -0.3 is 20.0 Å². The number of ether oxygens (including phenoxy) is 1. The largest absolute Gasteiger partial charge is 0.545 e. The Kier molecular flexibility index (Phi) is 5.21. The van der Waals surface area contributed by atoms with Crippen molar-refractivity contribution in [1.82, 2.24) is 10.2 Å². The number of nitrogens with one attached hydrogen (secondary N) is 1. The minimum Gasteiger partial charge on any atom is -0.545 e. The normalized spacial score (nSPS) is 15.1. The fourth-order valence-corrected chi connectivity index (χ4v) is 2.59. The van der Waals surface area contributed by atoms with E-state index >= 15 is 0 Å². The third kappa shape index (κ3) is 4.14. The van der Waals surface area contributed by atoms with Crippen LogP contribution in [-0.4, -0.2) is 29.4 Å². The summed E-state index contributed by atoms with van der Waals surface area (Å²) in [6.07, 6.45) is 1.61. The van der Waals surface area contributed by atoms with Gasteiger partial charge in [-0.05, 0) is 41.8 Å². The molecule has 0 atom stereocenters. The van der Waals surface area contributed by atoms with Crippen LogP contribution in [0.5, 0.6) is 5.75 Å². The van der Waals surface area contributed by atoms with Gasteiger partial charge in [0.25, 0.3) is 5.91 Å². The van der Waals surface area contributed by atoms with E-state index in [2.05, 4.69) is 5.32 Å². The van der Waals surface area contributed by atoms with Gasteiger partial charge in [-0.15, -0.1) is 0 Å². The van der Waals surface area contributed by atoms with Gasteiger partial charge in [-0.1, -0.05) is 36.4 Å². The van der Waals surface area contributed by atoms with E-state index < -0.39 is 12.0 Å². The Balaban J connectivity index is 1.62. The van der Waals surface area contributed by atoms with Crippen molar-refractivity contribution in [2.75, 3.05) is 6.54 Å². The molecule has 1 N–H and O–H groups in total. The predicted octanol–water partition coefficient (Wildman–Crippen LogP) is 1.54. The number of urea groups is 1. The van der Waals surface area contributed by atoms with E-state index in [0.29, 0.717) is 12.3 Å². The van der Waals surface area contributed by atoms with Gasteiger partial charge in [0.15, 0.2) is 0 Å². The zero-order valence-corrected chi connectivity index (χ0v) is 14.6. The number of aromatic carboxylic acids is 1. The summed E-state index contributed by atoms with van der Waals surface area (Å²) in [7, 11) is 0. The lowest BCUT2D eigenvalue weighted by Crippen LogP contribution is -2.30. The molecule has 138 valence electrons. The third-order valence-electron chi connectivity index (χ3n) is 4.06. The SMILES string of the molecule is CCN1C(=O)N/C(=C/c2ccc(OCc3ccc(C(=O)[O-])cc3)cc2)C1=O. The molecule has 1 fully saturated rings. The smallest absolute Gasteiger partial charge is 0.328 e. The monoisotopic (exact) mass is 365 g/mol. The van der Waals surface area contributed by atoms with Crippen LogP contribution in [-0.2, 0) is 11.4 Å². The highest BCUT2D eigenvalue weighted by Crippen LogP contribution is 2.18. The lowest BCUT2D eigenvalue weighted by molar-refractivity contribution is -0.255. The van der Waals surface area contributed by atoms with Gasteiger partial charge in [-0.3, -0.25) is 9.69 Å². The Hall–Kier alpha value is -3.61. The number of carbonyl (C=O) groups excluding carboxylic acids is 3. The number of carbonyl (C=O) groups is 3. The summed E-state index contributed by atoms with van der Waals surface area (Å²) in [5.74, 6) is -0.938. The van der Waals surface area contributed by atoms with Gasteiger partial charge >= 0.3 is 6.03 Å². The Labute approximate surface area is 155 Å². The fourth-order valence-electron chi connectivity index (χ4n) is 2.59. The molecule has 0 aliphatic carbocycles. The summed E-state index contributed by atoms with van der Waals surface area (Å²) in [4.78, 5) is 35.6. The molecule has 0 radical (unpaired) electrons. The standard InChI is InChI=1S/C20H18N2O5/c1-2-22-18(23)17(21-20(22)26)11-13-5-9-16(10-6-13)27-12-14-3-7-15(8-4-14)19(24)25/h3-11H,2,12H2,1H3,(H,21,26)(H,24,25)/p-1/b17-11+. The number of amides is 3. The van der Waals surface area contributed by atoms with Crippen LogP contribution in [0, 0.1) is 0 Å². The molecule has 0 saturated carbocycles. The second-order valence-corrected chi connectivity index (χ2v) is 5.88. The lowest BCUT2D eigenvalue weighted by atomic mass is 10.1. The van der Waals surface area contributed by atoms with Gasteiger partial charge in [0.1, 0.15) is 18.1 Å². The first-order chi connectivity index (χ1) is 13.0. The maximum absolute atomic E-state index is 12.1. The quantitative estimate of drug-likeness (QED) is 0.618. The average molecular weight is 365 g/mol. The molecular weight excluding hydrogens is 348 g/mol. The number of carboxylic acid groups (broad SMARTS) is 1. The molecule has 7 nitrogen and oxygen atoms in total. The van der Waals surface area contributed by atoms with Crippen LogP contribution < -0.4 is 15.2 Å². The molecule has 1 saturated heterocycles. The summed E-state index contributed by atoms with van der Waals surface area (Å²) in [6.45, 7) is 2.34. The summed E-state index contributed by atoms with van der Waals surface area (Å²) in [5, 5.41) is 13.3. The summed E-state index contributed by atoms with van der Waals surface area (Å²) < 4.78 is 5.66. The van der Waals surface area contributed by atoms with Crippen LogP contribution in [0.15, 0.2) is 54.2 Å². The summed E-state index contributed by atoms with van der Waals surface area (Å²) >= 11 is 0. The summed E-state index contributed by atoms with van der Waals surface area (Å²) in [6, 6.07) is 12.9. The van der Waals surface area contributed by atoms with Crippen LogP contribution in [0.3, 0.4) is 0 Å². The highest BCUT2D eigenvalue weighted by molar-refractivity contribution is 6.13. The van der Waals surface area contributed by atoms with Crippen molar-refractivity contribution in [2.45, 2.75) is 13.5 Å². The van der Waals surface area contributed by atoms with E-state index in [1.165, 1.54) is 12.1 Å². The molecule has 3 amide bonds. The maximum atomic E-state index is 12.1. The number of likely N-dealkylation sites (N-methyl/N-ethyl adjacent to an activating group) is 1. The fraction of sp³-hybridized carbons (Fsp3) is 0.150. The number of nitrogens with zero attached hydrogens (tertiary/aromatic N) is 1. The number of imide groups is 1. The van der Waals surface area contributed by atoms with E-state index in [-0.39, 0.29) is 23.8 Å². The highest BCUT2D eigenvalue weighted by Gasteiger charge is 2.31. The number of rotatable bonds is 6. The first-order valence-corrected chi connectivity index (χ1v) is 8.35. The molecule has 0 spiro atoms. The average Bonchev–Trinajstić information content (AvgIpc) is 2.94. The van der Waals surface area contributed by atoms with Crippen molar-refractivity contribution in [1.29, 1.82) is 0 Å². The maximum Gasteiger partial charge on any atom is 0.328 e. The zero-order chi connectivity index (χ0) is 19.4. The molecule has 7 heteroatoms. The van der Waals surface area contributed by atoms with E-state index in [0.717, 1.165) is 16.0 Å². The van der Waals surface area contributed by atoms with E-state index in [1.807, 2.05) is 0 Å². The first kappa shape index (κ1) is 18.2. The van der Waals surface area contributed by atoms with Crippen LogP contribution in [0.25, 0.3) is 6.08 Å². The summed E-state index contributed by atoms with van der Waals surface area (Å²) in [5.41, 5.74) is 1.93. The predicted molar refractivity (Wildman–Crippen MR) is 95.4 cm³/mol. The minimum atomic E-state index is -1.22. The van der Waals surface area contributed by atoms with Gasteiger partial charge in [-0.2, -0.15) is 0 Å². The Morgan fingerprint density at radius 1 is 1.11 bits per heavy atom. The van der Waals surface area contributed by atoms with Gasteiger partial charge in [0, 0.05) is 6.54 Å². The van der Waals surface area contributed by atoms with Crippen molar-refractivity contribution in [2.24, 2.45) is 0 Å². The van der Waals surface area contributed by atoms with Crippen molar-refractivity contribution >= 4 is 24.0 Å². The molecule has 2 aromatic carbocycles. The van der Waals surface area contributed by atoms with Crippen LogP contribution in [0.4, 0.5) is 4.79 Å². The number of benzene rings is 2. The second kappa shape index (κ2) is 7.74. The lowest BCUT2D eigenvalue weighted by Gasteiger charge is -2.08. The van der Waals surface area contributed by atoms with Crippen molar-refractivity contribution in [3.05, 3.63) is 70.9 Å². The molecule has 3 rings (SSSR count). The van der Waals surface area contributed by atoms with Crippen molar-refractivity contribution in [3.63, 3.8) is 0 Å². The van der Waals surface area contributed by atoms with Crippen molar-refractivity contribution < 1.29 is 24.2 Å². The van der Waals surface area contributed by atoms with Crippen LogP contribution >= 0.6 is 0 Å². The number of hydrogen-bond acceptors (Lipinski definition) is 5. The molecular formula is C20H17N2O5-. The number of hydrogen-bond donors (Lipinski definition) is 1. The molecule has 1 heterocycles. The highest BCUT2D eigenvalue weighted by atomic mass is 16.5. The van der Waals surface area contributed by atoms with Crippen LogP contribution in [0.2, 0.25) is 0 Å².